The summed E-state index contributed by atoms with van der Waals surface area (Å²) in [5.74, 6) is 0. The van der Waals surface area contributed by atoms with Crippen LogP contribution in [0.25, 0.3) is 11.2 Å². The monoisotopic (exact) mass is 298 g/mol. The fraction of sp³-hybridized carbons (Fsp3) is 0.545. The van der Waals surface area contributed by atoms with Crippen LogP contribution in [-0.4, -0.2) is 56.3 Å². The van der Waals surface area contributed by atoms with Gasteiger partial charge in [-0.3, -0.25) is 4.57 Å². The first-order valence-corrected chi connectivity index (χ1v) is 6.49. The lowest BCUT2D eigenvalue weighted by atomic mass is 10.1. The van der Waals surface area contributed by atoms with Crippen LogP contribution < -0.4 is 0 Å². The molecule has 2 aromatic heterocycles. The summed E-state index contributed by atoms with van der Waals surface area (Å²) in [5, 5.41) is 10.6. The minimum atomic E-state index is -0.824. The van der Waals surface area contributed by atoms with Crippen LogP contribution in [0.5, 0.6) is 0 Å². The number of hydrogen-bond acceptors (Lipinski definition) is 7. The largest absolute Gasteiger partial charge is 0.386 e. The Morgan fingerprint density at radius 3 is 3.10 bits per heavy atom. The van der Waals surface area contributed by atoms with Crippen molar-refractivity contribution in [3.8, 4) is 0 Å². The van der Waals surface area contributed by atoms with E-state index in [2.05, 4.69) is 15.0 Å². The third kappa shape index (κ3) is 1.73. The van der Waals surface area contributed by atoms with E-state index in [0.717, 1.165) is 0 Å². The Balaban J connectivity index is 1.74. The van der Waals surface area contributed by atoms with Crippen LogP contribution in [0.4, 0.5) is 0 Å². The van der Waals surface area contributed by atoms with Gasteiger partial charge in [0.15, 0.2) is 17.0 Å². The second-order valence-electron chi connectivity index (χ2n) is 4.66. The van der Waals surface area contributed by atoms with Gasteiger partial charge in [-0.1, -0.05) is 11.6 Å². The van der Waals surface area contributed by atoms with Crippen molar-refractivity contribution in [2.75, 3.05) is 13.4 Å². The van der Waals surface area contributed by atoms with Crippen molar-refractivity contribution in [1.29, 1.82) is 0 Å². The van der Waals surface area contributed by atoms with Gasteiger partial charge in [0.2, 0.25) is 0 Å². The summed E-state index contributed by atoms with van der Waals surface area (Å²) < 4.78 is 18.0. The summed E-state index contributed by atoms with van der Waals surface area (Å²) in [6.07, 6.45) is 0.688. The van der Waals surface area contributed by atoms with Gasteiger partial charge in [0.1, 0.15) is 36.9 Å². The van der Waals surface area contributed by atoms with Crippen molar-refractivity contribution in [3.05, 3.63) is 17.8 Å². The number of aromatic nitrogens is 4. The van der Waals surface area contributed by atoms with Crippen LogP contribution in [0.15, 0.2) is 12.7 Å². The maximum Gasteiger partial charge on any atom is 0.167 e. The van der Waals surface area contributed by atoms with Crippen LogP contribution in [0.1, 0.15) is 6.23 Å². The van der Waals surface area contributed by atoms with Gasteiger partial charge in [0, 0.05) is 0 Å². The molecule has 4 rings (SSSR count). The van der Waals surface area contributed by atoms with Gasteiger partial charge in [-0.2, -0.15) is 0 Å². The van der Waals surface area contributed by atoms with E-state index in [9.17, 15) is 5.11 Å². The molecule has 0 bridgehead atoms. The van der Waals surface area contributed by atoms with Crippen LogP contribution in [0.3, 0.4) is 0 Å². The molecule has 0 aromatic carbocycles. The maximum atomic E-state index is 10.4. The fourth-order valence-corrected chi connectivity index (χ4v) is 2.77. The van der Waals surface area contributed by atoms with Crippen molar-refractivity contribution in [2.45, 2.75) is 24.5 Å². The molecule has 8 nitrogen and oxygen atoms in total. The Kier molecular flexibility index (Phi) is 2.86. The normalized spacial score (nSPS) is 33.5. The first-order valence-electron chi connectivity index (χ1n) is 6.11. The zero-order chi connectivity index (χ0) is 13.7. The van der Waals surface area contributed by atoms with Crippen LogP contribution in [0, 0.1) is 0 Å². The van der Waals surface area contributed by atoms with E-state index >= 15 is 0 Å². The van der Waals surface area contributed by atoms with E-state index in [0.29, 0.717) is 17.8 Å². The number of fused-ring (bicyclic) bond motifs is 2. The number of nitrogens with zero attached hydrogens (tertiary/aromatic N) is 4. The highest BCUT2D eigenvalue weighted by atomic mass is 35.5. The third-order valence-corrected chi connectivity index (χ3v) is 3.80. The molecule has 0 spiro atoms. The van der Waals surface area contributed by atoms with E-state index in [-0.39, 0.29) is 18.1 Å². The van der Waals surface area contributed by atoms with Crippen LogP contribution in [-0.2, 0) is 14.2 Å². The van der Waals surface area contributed by atoms with E-state index < -0.39 is 18.4 Å². The Morgan fingerprint density at radius 1 is 1.35 bits per heavy atom. The molecule has 4 heterocycles. The second kappa shape index (κ2) is 4.61. The summed E-state index contributed by atoms with van der Waals surface area (Å²) in [6.45, 7) is 0.549. The Labute approximate surface area is 118 Å². The molecule has 2 aliphatic heterocycles. The summed E-state index contributed by atoms with van der Waals surface area (Å²) in [6, 6.07) is 0. The zero-order valence-corrected chi connectivity index (χ0v) is 11.0. The van der Waals surface area contributed by atoms with E-state index in [1.807, 2.05) is 0 Å². The van der Waals surface area contributed by atoms with E-state index in [4.69, 9.17) is 25.8 Å². The smallest absolute Gasteiger partial charge is 0.167 e. The van der Waals surface area contributed by atoms with E-state index in [1.165, 1.54) is 12.7 Å². The molecular weight excluding hydrogens is 288 g/mol. The molecule has 0 saturated carbocycles. The molecule has 2 aliphatic rings. The predicted molar refractivity (Wildman–Crippen MR) is 65.9 cm³/mol. The highest BCUT2D eigenvalue weighted by Crippen LogP contribution is 2.35. The summed E-state index contributed by atoms with van der Waals surface area (Å²) >= 11 is 5.96. The number of imidazole rings is 1. The lowest BCUT2D eigenvalue weighted by Crippen LogP contribution is -2.41. The average molecular weight is 299 g/mol. The van der Waals surface area contributed by atoms with E-state index in [1.54, 1.807) is 4.57 Å². The van der Waals surface area contributed by atoms with Gasteiger partial charge in [-0.25, -0.2) is 15.0 Å². The first-order chi connectivity index (χ1) is 9.75. The second-order valence-corrected chi connectivity index (χ2v) is 5.02. The van der Waals surface area contributed by atoms with Gasteiger partial charge in [0.25, 0.3) is 0 Å². The van der Waals surface area contributed by atoms with Crippen LogP contribution >= 0.6 is 11.6 Å². The lowest BCUT2D eigenvalue weighted by Gasteiger charge is -2.25. The number of hydrogen-bond donors (Lipinski definition) is 1. The molecule has 2 aromatic rings. The lowest BCUT2D eigenvalue weighted by molar-refractivity contribution is -0.189. The molecule has 9 heteroatoms. The summed E-state index contributed by atoms with van der Waals surface area (Å²) in [5.41, 5.74) is 0.977. The minimum absolute atomic E-state index is 0.160. The van der Waals surface area contributed by atoms with Crippen molar-refractivity contribution in [1.82, 2.24) is 19.5 Å². The first kappa shape index (κ1) is 12.4. The van der Waals surface area contributed by atoms with Crippen LogP contribution in [0.2, 0.25) is 5.15 Å². The molecular formula is C11H11ClN4O4. The molecule has 0 radical (unpaired) electrons. The van der Waals surface area contributed by atoms with Gasteiger partial charge >= 0.3 is 0 Å². The number of halogens is 1. The third-order valence-electron chi connectivity index (χ3n) is 3.52. The van der Waals surface area contributed by atoms with Crippen molar-refractivity contribution in [3.63, 3.8) is 0 Å². The van der Waals surface area contributed by atoms with Gasteiger partial charge in [-0.15, -0.1) is 0 Å². The number of aliphatic hydroxyl groups is 1. The Bertz CT molecular complexity index is 650. The van der Waals surface area contributed by atoms with Gasteiger partial charge in [0.05, 0.1) is 12.9 Å². The quantitative estimate of drug-likeness (QED) is 0.747. The number of rotatable bonds is 1. The molecule has 1 N–H and O–H groups in total. The van der Waals surface area contributed by atoms with Gasteiger partial charge in [-0.05, 0) is 0 Å². The Morgan fingerprint density at radius 2 is 2.25 bits per heavy atom. The molecule has 2 fully saturated rings. The van der Waals surface area contributed by atoms with Gasteiger partial charge < -0.3 is 19.3 Å². The zero-order valence-electron chi connectivity index (χ0n) is 10.2. The van der Waals surface area contributed by atoms with Crippen molar-refractivity contribution < 1.29 is 19.3 Å². The molecule has 106 valence electrons. The fourth-order valence-electron chi connectivity index (χ4n) is 2.59. The van der Waals surface area contributed by atoms with Crippen molar-refractivity contribution in [2.24, 2.45) is 0 Å². The SMILES string of the molecule is O[C@H]1C2OCOC[C@@H]2O[C@H]1n1cnc2c(Cl)ncnc21. The molecule has 1 unspecified atom stereocenters. The number of ether oxygens (including phenoxy) is 3. The number of aliphatic hydroxyl groups excluding tert-OH is 1. The molecule has 2 saturated heterocycles. The summed E-state index contributed by atoms with van der Waals surface area (Å²) in [7, 11) is 0. The highest BCUT2D eigenvalue weighted by molar-refractivity contribution is 6.33. The summed E-state index contributed by atoms with van der Waals surface area (Å²) in [4.78, 5) is 12.2. The predicted octanol–water partition coefficient (Wildman–Crippen LogP) is 0.111. The molecule has 20 heavy (non-hydrogen) atoms. The topological polar surface area (TPSA) is 91.5 Å². The van der Waals surface area contributed by atoms with Crippen molar-refractivity contribution >= 4 is 22.8 Å². The minimum Gasteiger partial charge on any atom is -0.386 e. The highest BCUT2D eigenvalue weighted by Gasteiger charge is 2.47. The molecule has 0 amide bonds. The average Bonchev–Trinajstić information content (AvgIpc) is 3.02. The maximum absolute atomic E-state index is 10.4. The Hall–Kier alpha value is -1.32. The molecule has 4 atom stereocenters. The molecule has 0 aliphatic carbocycles. The standard InChI is InChI=1S/C11H11ClN4O4/c12-9-6-10(14-2-13-9)16(3-15-6)11-7(17)8-5(20-11)1-18-4-19-8/h2-3,5,7-8,11,17H,1,4H2/t5-,7-,8?,11+/m0/s1.